The zero-order chi connectivity index (χ0) is 53.9. The maximum absolute atomic E-state index is 14.9. The van der Waals surface area contributed by atoms with Gasteiger partial charge in [-0.05, 0) is 142 Å². The van der Waals surface area contributed by atoms with Crippen LogP contribution in [0.4, 0.5) is 8.78 Å². The fraction of sp³-hybridized carbons (Fsp3) is 0.323. The molecule has 0 radical (unpaired) electrons. The molecule has 1 N–H and O–H groups in total. The van der Waals surface area contributed by atoms with Gasteiger partial charge < -0.3 is 28.8 Å². The number of phenols is 1. The summed E-state index contributed by atoms with van der Waals surface area (Å²) in [4.78, 5) is 22.9. The van der Waals surface area contributed by atoms with Gasteiger partial charge in [0.25, 0.3) is 0 Å². The Kier molecular flexibility index (Phi) is 22.0. The van der Waals surface area contributed by atoms with Crippen LogP contribution < -0.4 is 14.2 Å². The highest BCUT2D eigenvalue weighted by Crippen LogP contribution is 2.39. The molecule has 0 unspecified atom stereocenters. The molecule has 0 heterocycles. The van der Waals surface area contributed by atoms with Gasteiger partial charge >= 0.3 is 11.9 Å². The lowest BCUT2D eigenvalue weighted by molar-refractivity contribution is -0.141. The highest BCUT2D eigenvalue weighted by Gasteiger charge is 2.23. The molecule has 0 bridgehead atoms. The van der Waals surface area contributed by atoms with E-state index >= 15 is 0 Å². The summed E-state index contributed by atoms with van der Waals surface area (Å²) in [5, 5.41) is 9.17. The van der Waals surface area contributed by atoms with Crippen molar-refractivity contribution < 1.29 is 47.2 Å². The molecular weight excluding hydrogens is 946 g/mol. The second-order valence-electron chi connectivity index (χ2n) is 19.0. The van der Waals surface area contributed by atoms with E-state index in [-0.39, 0.29) is 64.8 Å². The Hall–Kier alpha value is -7.27. The fourth-order valence-corrected chi connectivity index (χ4v) is 7.97. The fourth-order valence-electron chi connectivity index (χ4n) is 7.81. The van der Waals surface area contributed by atoms with Crippen molar-refractivity contribution in [2.45, 2.75) is 103 Å². The molecule has 0 aliphatic rings. The molecule has 0 fully saturated rings. The van der Waals surface area contributed by atoms with Gasteiger partial charge in [0.1, 0.15) is 41.2 Å². The zero-order valence-corrected chi connectivity index (χ0v) is 44.7. The van der Waals surface area contributed by atoms with Crippen LogP contribution >= 0.6 is 11.6 Å². The van der Waals surface area contributed by atoms with Crippen molar-refractivity contribution in [2.75, 3.05) is 28.4 Å². The molecule has 0 aliphatic carbocycles. The van der Waals surface area contributed by atoms with Gasteiger partial charge in [-0.1, -0.05) is 102 Å². The van der Waals surface area contributed by atoms with Crippen LogP contribution in [0, 0.1) is 35.3 Å². The van der Waals surface area contributed by atoms with Gasteiger partial charge in [0, 0.05) is 17.0 Å². The number of carbonyl (C=O) groups is 2. The molecule has 0 aliphatic heterocycles. The Labute approximate surface area is 436 Å². The van der Waals surface area contributed by atoms with Gasteiger partial charge in [-0.2, -0.15) is 0 Å². The number of rotatable bonds is 14. The molecule has 0 amide bonds. The van der Waals surface area contributed by atoms with E-state index in [9.17, 15) is 18.4 Å². The monoisotopic (exact) mass is 1010 g/mol. The maximum atomic E-state index is 14.9. The summed E-state index contributed by atoms with van der Waals surface area (Å²) in [5.74, 6) is 12.7. The molecule has 0 saturated heterocycles. The van der Waals surface area contributed by atoms with Gasteiger partial charge in [-0.25, -0.2) is 8.78 Å². The van der Waals surface area contributed by atoms with E-state index in [1.54, 1.807) is 76.6 Å². The summed E-state index contributed by atoms with van der Waals surface area (Å²) in [7, 11) is 5.88. The van der Waals surface area contributed by atoms with Crippen LogP contribution in [0.1, 0.15) is 113 Å². The number of alkyl halides is 1. The Bertz CT molecular complexity index is 2910. The van der Waals surface area contributed by atoms with Crippen LogP contribution in [0.25, 0.3) is 22.3 Å². The van der Waals surface area contributed by atoms with Crippen molar-refractivity contribution in [3.05, 3.63) is 166 Å². The summed E-state index contributed by atoms with van der Waals surface area (Å²) in [6.45, 7) is 16.5. The Morgan fingerprint density at radius 3 is 1.33 bits per heavy atom. The lowest BCUT2D eigenvalue weighted by Crippen LogP contribution is -2.13. The lowest BCUT2D eigenvalue weighted by atomic mass is 9.81. The Morgan fingerprint density at radius 2 is 0.945 bits per heavy atom. The minimum absolute atomic E-state index is 0.0876. The SMILES string of the molecule is CC#C[C@@H](CC(=O)OC)c1ccc(O)cc1.CC#C[C@@H](CC(=O)OC)c1ccc(OCc2ccc(C(C)(C)C)c(-c3cc(OC)ccc3F)c2)cc1.COc1ccc(F)c(-c2cc(CCl)ccc2C(C)(C)C)c1. The lowest BCUT2D eigenvalue weighted by Gasteiger charge is -2.24. The molecule has 0 spiro atoms. The van der Waals surface area contributed by atoms with E-state index in [0.29, 0.717) is 40.9 Å². The summed E-state index contributed by atoms with van der Waals surface area (Å²) in [6.07, 6.45) is 0.420. The number of esters is 2. The van der Waals surface area contributed by atoms with Crippen molar-refractivity contribution >= 4 is 23.5 Å². The smallest absolute Gasteiger partial charge is 0.307 e. The molecule has 11 heteroatoms. The van der Waals surface area contributed by atoms with Crippen molar-refractivity contribution in [2.24, 2.45) is 0 Å². The Balaban J connectivity index is 0.000000263. The van der Waals surface area contributed by atoms with Gasteiger partial charge in [-0.15, -0.1) is 23.4 Å². The molecule has 6 aromatic carbocycles. The van der Waals surface area contributed by atoms with Crippen molar-refractivity contribution in [1.82, 2.24) is 0 Å². The Morgan fingerprint density at radius 1 is 0.548 bits per heavy atom. The van der Waals surface area contributed by atoms with Gasteiger partial charge in [0.15, 0.2) is 0 Å². The summed E-state index contributed by atoms with van der Waals surface area (Å²) >= 11 is 5.93. The minimum Gasteiger partial charge on any atom is -0.508 e. The average molecular weight is 1010 g/mol. The second-order valence-corrected chi connectivity index (χ2v) is 19.3. The summed E-state index contributed by atoms with van der Waals surface area (Å²) < 4.78 is 55.2. The first-order chi connectivity index (χ1) is 34.7. The number of benzene rings is 6. The van der Waals surface area contributed by atoms with E-state index in [2.05, 4.69) is 70.0 Å². The normalized spacial score (nSPS) is 11.5. The van der Waals surface area contributed by atoms with Crippen LogP contribution in [0.3, 0.4) is 0 Å². The van der Waals surface area contributed by atoms with Gasteiger partial charge in [0.05, 0.1) is 53.1 Å². The summed E-state index contributed by atoms with van der Waals surface area (Å²) in [5.41, 5.74) is 8.32. The van der Waals surface area contributed by atoms with Crippen molar-refractivity contribution in [3.63, 3.8) is 0 Å². The van der Waals surface area contributed by atoms with Gasteiger partial charge in [0.2, 0.25) is 0 Å². The first kappa shape index (κ1) is 58.3. The second kappa shape index (κ2) is 27.5. The number of aromatic hydroxyl groups is 1. The molecular formula is C62H67ClF2O8. The van der Waals surface area contributed by atoms with Crippen LogP contribution in [0.5, 0.6) is 23.0 Å². The number of phenolic OH excluding ortho intramolecular Hbond substituents is 1. The number of methoxy groups -OCH3 is 4. The van der Waals surface area contributed by atoms with Crippen LogP contribution in [0.15, 0.2) is 121 Å². The standard InChI is InChI=1S/C31H33FO4.C18H20ClFO.C13H14O3/c1-7-8-23(18-30(33)35-6)22-10-12-24(13-11-22)36-20-21-9-15-28(31(2,3)4)26(17-21)27-19-25(34-5)14-16-29(27)32;1-18(2,3)16-7-5-12(11-19)9-14(16)15-10-13(21-4)6-8-17(15)20;1-3-4-11(9-13(15)16-2)10-5-7-12(14)8-6-10/h9-17,19,23H,18,20H2,1-6H3;5-10H,11H2,1-4H3;5-8,11,14H,9H2,1-2H3/t23-;;11-/m0.0/s1. The van der Waals surface area contributed by atoms with E-state index in [1.807, 2.05) is 60.7 Å². The van der Waals surface area contributed by atoms with Crippen LogP contribution in [0.2, 0.25) is 0 Å². The van der Waals surface area contributed by atoms with E-state index in [4.69, 9.17) is 35.7 Å². The van der Waals surface area contributed by atoms with Crippen LogP contribution in [-0.2, 0) is 42.4 Å². The molecule has 0 aromatic heterocycles. The number of halogens is 3. The predicted molar refractivity (Wildman–Crippen MR) is 288 cm³/mol. The number of ether oxygens (including phenoxy) is 5. The third-order valence-electron chi connectivity index (χ3n) is 11.7. The molecule has 6 aromatic rings. The molecule has 0 saturated carbocycles. The van der Waals surface area contributed by atoms with Gasteiger partial charge in [-0.3, -0.25) is 9.59 Å². The predicted octanol–water partition coefficient (Wildman–Crippen LogP) is 14.6. The van der Waals surface area contributed by atoms with Crippen LogP contribution in [-0.4, -0.2) is 45.5 Å². The largest absolute Gasteiger partial charge is 0.508 e. The van der Waals surface area contributed by atoms with Crippen molar-refractivity contribution in [3.8, 4) is 68.9 Å². The number of hydrogen-bond acceptors (Lipinski definition) is 8. The van der Waals surface area contributed by atoms with E-state index < -0.39 is 0 Å². The quantitative estimate of drug-likeness (QED) is 0.0654. The third kappa shape index (κ3) is 17.2. The molecule has 2 atom stereocenters. The molecule has 8 nitrogen and oxygen atoms in total. The van der Waals surface area contributed by atoms with E-state index in [0.717, 1.165) is 44.5 Å². The third-order valence-corrected chi connectivity index (χ3v) is 12.0. The van der Waals surface area contributed by atoms with Crippen molar-refractivity contribution in [1.29, 1.82) is 0 Å². The average Bonchev–Trinajstić information content (AvgIpc) is 3.38. The maximum Gasteiger partial charge on any atom is 0.307 e. The number of hydrogen-bond donors (Lipinski definition) is 1. The minimum atomic E-state index is -0.301. The zero-order valence-electron chi connectivity index (χ0n) is 44.0. The first-order valence-electron chi connectivity index (χ1n) is 23.7. The summed E-state index contributed by atoms with van der Waals surface area (Å²) in [6, 6.07) is 35.8. The topological polar surface area (TPSA) is 101 Å². The highest BCUT2D eigenvalue weighted by atomic mass is 35.5. The van der Waals surface area contributed by atoms with E-state index in [1.165, 1.54) is 26.4 Å². The first-order valence-corrected chi connectivity index (χ1v) is 24.2. The highest BCUT2D eigenvalue weighted by molar-refractivity contribution is 6.17. The molecule has 73 heavy (non-hydrogen) atoms. The molecule has 384 valence electrons. The molecule has 6 rings (SSSR count). The number of carbonyl (C=O) groups excluding carboxylic acids is 2.